The van der Waals surface area contributed by atoms with Crippen molar-refractivity contribution >= 4 is 21.6 Å². The van der Waals surface area contributed by atoms with E-state index < -0.39 is 10.0 Å². The molecule has 6 heteroatoms. The summed E-state index contributed by atoms with van der Waals surface area (Å²) in [5, 5.41) is 2.92. The Hall–Kier alpha value is -2.18. The molecule has 28 heavy (non-hydrogen) atoms. The van der Waals surface area contributed by atoms with Crippen molar-refractivity contribution in [2.24, 2.45) is 0 Å². The molecular weight excluding hydrogens is 372 g/mol. The standard InChI is InChI=1S/C22H28N2O3S/c1-17(2)19-7-6-8-20(16-19)23-22(25)15-18-9-11-21(12-10-18)28(26,27)24-13-4-3-5-14-24/h6-12,16-17H,3-5,13-15H2,1-2H3,(H,23,25). The molecule has 0 atom stereocenters. The van der Waals surface area contributed by atoms with E-state index in [-0.39, 0.29) is 12.3 Å². The number of carbonyl (C=O) groups excluding carboxylic acids is 1. The summed E-state index contributed by atoms with van der Waals surface area (Å²) in [6.45, 7) is 5.39. The summed E-state index contributed by atoms with van der Waals surface area (Å²) in [5.74, 6) is 0.277. The highest BCUT2D eigenvalue weighted by atomic mass is 32.2. The Morgan fingerprint density at radius 1 is 1.04 bits per heavy atom. The van der Waals surface area contributed by atoms with E-state index >= 15 is 0 Å². The highest BCUT2D eigenvalue weighted by molar-refractivity contribution is 7.89. The smallest absolute Gasteiger partial charge is 0.243 e. The van der Waals surface area contributed by atoms with Crippen molar-refractivity contribution in [3.63, 3.8) is 0 Å². The average molecular weight is 401 g/mol. The molecule has 2 aromatic carbocycles. The van der Waals surface area contributed by atoms with Crippen molar-refractivity contribution < 1.29 is 13.2 Å². The van der Waals surface area contributed by atoms with Crippen LogP contribution < -0.4 is 5.32 Å². The number of rotatable bonds is 6. The number of piperidine rings is 1. The predicted molar refractivity (Wildman–Crippen MR) is 112 cm³/mol. The molecule has 0 saturated carbocycles. The molecule has 1 amide bonds. The fourth-order valence-electron chi connectivity index (χ4n) is 3.40. The minimum atomic E-state index is -3.44. The van der Waals surface area contributed by atoms with Gasteiger partial charge in [0.2, 0.25) is 15.9 Å². The zero-order valence-electron chi connectivity index (χ0n) is 16.5. The Morgan fingerprint density at radius 3 is 2.36 bits per heavy atom. The second-order valence-corrected chi connectivity index (χ2v) is 9.55. The average Bonchev–Trinajstić information content (AvgIpc) is 2.69. The van der Waals surface area contributed by atoms with E-state index in [4.69, 9.17) is 0 Å². The molecule has 1 aliphatic rings. The molecule has 1 fully saturated rings. The van der Waals surface area contributed by atoms with Gasteiger partial charge in [-0.05, 0) is 54.2 Å². The normalized spacial score (nSPS) is 15.5. The van der Waals surface area contributed by atoms with E-state index in [1.165, 1.54) is 5.56 Å². The summed E-state index contributed by atoms with van der Waals surface area (Å²) in [6, 6.07) is 14.5. The van der Waals surface area contributed by atoms with E-state index in [9.17, 15) is 13.2 Å². The van der Waals surface area contributed by atoms with Crippen molar-refractivity contribution in [2.75, 3.05) is 18.4 Å². The molecule has 1 heterocycles. The maximum absolute atomic E-state index is 12.7. The number of nitrogens with zero attached hydrogens (tertiary/aromatic N) is 1. The fourth-order valence-corrected chi connectivity index (χ4v) is 4.92. The van der Waals surface area contributed by atoms with Crippen LogP contribution in [-0.2, 0) is 21.2 Å². The monoisotopic (exact) mass is 400 g/mol. The van der Waals surface area contributed by atoms with E-state index in [2.05, 4.69) is 19.2 Å². The van der Waals surface area contributed by atoms with Crippen LogP contribution in [0, 0.1) is 0 Å². The van der Waals surface area contributed by atoms with Gasteiger partial charge in [0.1, 0.15) is 0 Å². The van der Waals surface area contributed by atoms with Crippen LogP contribution in [0.15, 0.2) is 53.4 Å². The second-order valence-electron chi connectivity index (χ2n) is 7.61. The molecule has 1 aliphatic heterocycles. The van der Waals surface area contributed by atoms with Gasteiger partial charge in [0.05, 0.1) is 11.3 Å². The van der Waals surface area contributed by atoms with Gasteiger partial charge in [-0.3, -0.25) is 4.79 Å². The summed E-state index contributed by atoms with van der Waals surface area (Å²) in [6.07, 6.45) is 3.11. The summed E-state index contributed by atoms with van der Waals surface area (Å²) in [7, 11) is -3.44. The lowest BCUT2D eigenvalue weighted by Gasteiger charge is -2.25. The molecule has 1 N–H and O–H groups in total. The predicted octanol–water partition coefficient (Wildman–Crippen LogP) is 4.17. The summed E-state index contributed by atoms with van der Waals surface area (Å²) < 4.78 is 26.9. The molecule has 0 radical (unpaired) electrons. The molecule has 0 aromatic heterocycles. The van der Waals surface area contributed by atoms with Crippen LogP contribution in [0.4, 0.5) is 5.69 Å². The van der Waals surface area contributed by atoms with Crippen LogP contribution in [0.5, 0.6) is 0 Å². The van der Waals surface area contributed by atoms with Gasteiger partial charge in [-0.25, -0.2) is 8.42 Å². The Bertz CT molecular complexity index is 915. The fraction of sp³-hybridized carbons (Fsp3) is 0.409. The molecule has 1 saturated heterocycles. The maximum atomic E-state index is 12.7. The van der Waals surface area contributed by atoms with Gasteiger partial charge < -0.3 is 5.32 Å². The van der Waals surface area contributed by atoms with Crippen LogP contribution in [-0.4, -0.2) is 31.7 Å². The van der Waals surface area contributed by atoms with Gasteiger partial charge in [-0.15, -0.1) is 0 Å². The zero-order valence-corrected chi connectivity index (χ0v) is 17.3. The molecule has 150 valence electrons. The van der Waals surface area contributed by atoms with Gasteiger partial charge in [-0.2, -0.15) is 4.31 Å². The van der Waals surface area contributed by atoms with Crippen molar-refractivity contribution in [1.82, 2.24) is 4.31 Å². The SMILES string of the molecule is CC(C)c1cccc(NC(=O)Cc2ccc(S(=O)(=O)N3CCCCC3)cc2)c1. The quantitative estimate of drug-likeness (QED) is 0.791. The molecule has 0 bridgehead atoms. The van der Waals surface area contributed by atoms with Crippen molar-refractivity contribution in [3.05, 3.63) is 59.7 Å². The third-order valence-corrected chi connectivity index (χ3v) is 6.99. The maximum Gasteiger partial charge on any atom is 0.243 e. The van der Waals surface area contributed by atoms with Crippen molar-refractivity contribution in [3.8, 4) is 0 Å². The number of amides is 1. The van der Waals surface area contributed by atoms with E-state index in [0.717, 1.165) is 30.5 Å². The van der Waals surface area contributed by atoms with E-state index in [1.54, 1.807) is 28.6 Å². The van der Waals surface area contributed by atoms with Gasteiger partial charge in [0.15, 0.2) is 0 Å². The van der Waals surface area contributed by atoms with Crippen molar-refractivity contribution in [2.45, 2.75) is 50.3 Å². The largest absolute Gasteiger partial charge is 0.326 e. The minimum Gasteiger partial charge on any atom is -0.326 e. The van der Waals surface area contributed by atoms with E-state index in [0.29, 0.717) is 23.9 Å². The van der Waals surface area contributed by atoms with Crippen molar-refractivity contribution in [1.29, 1.82) is 0 Å². The molecule has 0 aliphatic carbocycles. The lowest BCUT2D eigenvalue weighted by molar-refractivity contribution is -0.115. The highest BCUT2D eigenvalue weighted by Crippen LogP contribution is 2.22. The third-order valence-electron chi connectivity index (χ3n) is 5.08. The van der Waals surface area contributed by atoms with Crippen LogP contribution in [0.2, 0.25) is 0 Å². The number of benzene rings is 2. The molecule has 2 aromatic rings. The molecule has 0 spiro atoms. The van der Waals surface area contributed by atoms with Crippen LogP contribution in [0.25, 0.3) is 0 Å². The molecular formula is C22H28N2O3S. The molecule has 5 nitrogen and oxygen atoms in total. The number of sulfonamides is 1. The van der Waals surface area contributed by atoms with Crippen LogP contribution in [0.3, 0.4) is 0 Å². The van der Waals surface area contributed by atoms with Gasteiger partial charge in [-0.1, -0.05) is 44.5 Å². The zero-order chi connectivity index (χ0) is 20.1. The number of carbonyl (C=O) groups is 1. The lowest BCUT2D eigenvalue weighted by atomic mass is 10.0. The first-order valence-electron chi connectivity index (χ1n) is 9.85. The van der Waals surface area contributed by atoms with Gasteiger partial charge in [0, 0.05) is 18.8 Å². The van der Waals surface area contributed by atoms with Crippen LogP contribution in [0.1, 0.15) is 50.2 Å². The third kappa shape index (κ3) is 5.00. The van der Waals surface area contributed by atoms with Gasteiger partial charge in [0.25, 0.3) is 0 Å². The Labute approximate surface area is 167 Å². The highest BCUT2D eigenvalue weighted by Gasteiger charge is 2.25. The van der Waals surface area contributed by atoms with E-state index in [1.807, 2.05) is 24.3 Å². The summed E-state index contributed by atoms with van der Waals surface area (Å²) in [4.78, 5) is 12.6. The number of hydrogen-bond acceptors (Lipinski definition) is 3. The molecule has 0 unspecified atom stereocenters. The number of anilines is 1. The summed E-state index contributed by atoms with van der Waals surface area (Å²) in [5.41, 5.74) is 2.74. The molecule has 3 rings (SSSR count). The number of hydrogen-bond donors (Lipinski definition) is 1. The van der Waals surface area contributed by atoms with Crippen LogP contribution >= 0.6 is 0 Å². The Morgan fingerprint density at radius 2 is 1.71 bits per heavy atom. The minimum absolute atomic E-state index is 0.118. The number of nitrogens with one attached hydrogen (secondary N) is 1. The first kappa shape index (κ1) is 20.6. The second kappa shape index (κ2) is 8.88. The first-order chi connectivity index (χ1) is 13.4. The summed E-state index contributed by atoms with van der Waals surface area (Å²) >= 11 is 0. The topological polar surface area (TPSA) is 66.5 Å². The Balaban J connectivity index is 1.64. The Kier molecular flexibility index (Phi) is 6.52. The van der Waals surface area contributed by atoms with Gasteiger partial charge >= 0.3 is 0 Å². The lowest BCUT2D eigenvalue weighted by Crippen LogP contribution is -2.35. The first-order valence-corrected chi connectivity index (χ1v) is 11.3.